The summed E-state index contributed by atoms with van der Waals surface area (Å²) in [6.07, 6.45) is -4.88. The molecule has 0 spiro atoms. The summed E-state index contributed by atoms with van der Waals surface area (Å²) in [4.78, 5) is 19.3. The van der Waals surface area contributed by atoms with Crippen molar-refractivity contribution in [1.82, 2.24) is 0 Å². The van der Waals surface area contributed by atoms with Gasteiger partial charge in [-0.05, 0) is 0 Å². The molecular weight excluding hydrogens is 230 g/mol. The van der Waals surface area contributed by atoms with Crippen LogP contribution in [-0.2, 0) is 14.3 Å². The monoisotopic (exact) mass is 238 g/mol. The fraction of sp³-hybridized carbons (Fsp3) is 0.667. The average molecular weight is 238 g/mol. The minimum absolute atomic E-state index is 0. The van der Waals surface area contributed by atoms with Crippen molar-refractivity contribution in [1.29, 1.82) is 0 Å². The van der Waals surface area contributed by atoms with E-state index in [4.69, 9.17) is 10.2 Å². The molecule has 76 valence electrons. The zero-order valence-electron chi connectivity index (χ0n) is 8.50. The number of ether oxygens (including phenoxy) is 1. The van der Waals surface area contributed by atoms with Crippen molar-refractivity contribution in [2.45, 2.75) is 12.2 Å². The summed E-state index contributed by atoms with van der Waals surface area (Å²) in [5.41, 5.74) is 0. The van der Waals surface area contributed by atoms with Crippen LogP contribution >= 0.6 is 0 Å². The number of hydrogen-bond acceptors (Lipinski definition) is 7. The molecule has 0 radical (unpaired) electrons. The zero-order chi connectivity index (χ0) is 10.4. The minimum atomic E-state index is -2.44. The van der Waals surface area contributed by atoms with E-state index in [0.29, 0.717) is 0 Å². The van der Waals surface area contributed by atoms with Crippen molar-refractivity contribution >= 4 is 11.9 Å². The van der Waals surface area contributed by atoms with E-state index in [0.717, 1.165) is 13.2 Å². The topological polar surface area (TPSA) is 133 Å². The molecule has 0 aliphatic carbocycles. The first-order valence-corrected chi connectivity index (χ1v) is 3.32. The molecule has 1 fully saturated rings. The van der Waals surface area contributed by atoms with Gasteiger partial charge in [-0.25, -0.2) is 0 Å². The first-order valence-electron chi connectivity index (χ1n) is 3.32. The summed E-state index contributed by atoms with van der Waals surface area (Å²) in [5, 5.41) is 35.7. The average Bonchev–Trinajstić information content (AvgIpc) is 2.86. The van der Waals surface area contributed by atoms with Crippen LogP contribution in [0.15, 0.2) is 0 Å². The molecule has 0 saturated carbocycles. The number of rotatable bonds is 3. The number of aliphatic carboxylic acids is 2. The van der Waals surface area contributed by atoms with Crippen LogP contribution in [0.3, 0.4) is 0 Å². The Morgan fingerprint density at radius 3 is 1.27 bits per heavy atom. The first kappa shape index (κ1) is 21.1. The maximum Gasteiger partial charge on any atom is 1.00 e. The molecule has 7 nitrogen and oxygen atoms in total. The van der Waals surface area contributed by atoms with Crippen LogP contribution in [0.2, 0.25) is 0 Å². The number of aliphatic hydroxyl groups is 2. The molecule has 1 aliphatic heterocycles. The van der Waals surface area contributed by atoms with Crippen LogP contribution < -0.4 is 69.3 Å². The molecule has 1 heterocycles. The second-order valence-electron chi connectivity index (χ2n) is 2.14. The van der Waals surface area contributed by atoms with Gasteiger partial charge in [0.15, 0.2) is 0 Å². The van der Waals surface area contributed by atoms with Crippen molar-refractivity contribution < 1.29 is 93.9 Å². The summed E-state index contributed by atoms with van der Waals surface area (Å²) in [6.45, 7) is 2.00. The van der Waals surface area contributed by atoms with Gasteiger partial charge < -0.3 is 34.8 Å². The molecule has 2 unspecified atom stereocenters. The third kappa shape index (κ3) is 12.8. The second kappa shape index (κ2) is 11.3. The maximum absolute atomic E-state index is 9.63. The Morgan fingerprint density at radius 2 is 1.20 bits per heavy atom. The number of aliphatic hydroxyl groups excluding tert-OH is 2. The van der Waals surface area contributed by atoms with Gasteiger partial charge in [-0.3, -0.25) is 0 Å². The smallest absolute Gasteiger partial charge is 0.547 e. The molecule has 0 bridgehead atoms. The minimum Gasteiger partial charge on any atom is -0.547 e. The van der Waals surface area contributed by atoms with Gasteiger partial charge in [-0.1, -0.05) is 0 Å². The van der Waals surface area contributed by atoms with Gasteiger partial charge >= 0.3 is 59.1 Å². The van der Waals surface area contributed by atoms with E-state index in [1.54, 1.807) is 0 Å². The van der Waals surface area contributed by atoms with Crippen LogP contribution in [0, 0.1) is 0 Å². The number of carboxylic acid groups (broad SMARTS) is 2. The summed E-state index contributed by atoms with van der Waals surface area (Å²) in [7, 11) is 0. The largest absolute Gasteiger partial charge is 1.00 e. The number of carboxylic acids is 2. The normalized spacial score (nSPS) is 15.3. The quantitative estimate of drug-likeness (QED) is 0.368. The standard InChI is InChI=1S/C4H6O6.C2H4O.2Na/c5-1(3(7)8)2(6)4(9)10;1-2-3-1;;/h1-2,5-6H,(H,7,8)(H,9,10);1-2H2;;/q;;2*+1/p-2. The Morgan fingerprint density at radius 1 is 1.00 bits per heavy atom. The first-order chi connectivity index (χ1) is 5.96. The maximum atomic E-state index is 9.63. The van der Waals surface area contributed by atoms with E-state index in [-0.39, 0.29) is 59.1 Å². The Bertz CT molecular complexity index is 175. The van der Waals surface area contributed by atoms with Crippen LogP contribution in [-0.4, -0.2) is 47.6 Å². The van der Waals surface area contributed by atoms with Gasteiger partial charge in [0.1, 0.15) is 12.2 Å². The third-order valence-corrected chi connectivity index (χ3v) is 0.986. The summed E-state index contributed by atoms with van der Waals surface area (Å²) >= 11 is 0. The fourth-order valence-electron chi connectivity index (χ4n) is 0.258. The molecule has 1 rings (SSSR count). The van der Waals surface area contributed by atoms with Gasteiger partial charge in [-0.2, -0.15) is 0 Å². The van der Waals surface area contributed by atoms with E-state index < -0.39 is 24.1 Å². The molecule has 2 N–H and O–H groups in total. The summed E-state index contributed by atoms with van der Waals surface area (Å²) < 4.78 is 4.50. The predicted octanol–water partition coefficient (Wildman–Crippen LogP) is -10.8. The van der Waals surface area contributed by atoms with Gasteiger partial charge in [0.2, 0.25) is 0 Å². The fourth-order valence-corrected chi connectivity index (χ4v) is 0.258. The van der Waals surface area contributed by atoms with Crippen LogP contribution in [0.5, 0.6) is 0 Å². The van der Waals surface area contributed by atoms with Crippen LogP contribution in [0.25, 0.3) is 0 Å². The number of carbonyl (C=O) groups excluding carboxylic acids is 2. The van der Waals surface area contributed by atoms with Crippen molar-refractivity contribution in [2.75, 3.05) is 13.2 Å². The Balaban J connectivity index is -0.000000246. The number of carbonyl (C=O) groups is 2. The SMILES string of the molecule is C1CO1.O=C([O-])C(O)C(O)C(=O)[O-].[Na+].[Na+]. The summed E-state index contributed by atoms with van der Waals surface area (Å²) in [6, 6.07) is 0. The molecule has 1 aliphatic rings. The third-order valence-electron chi connectivity index (χ3n) is 0.986. The van der Waals surface area contributed by atoms with Gasteiger partial charge in [0.05, 0.1) is 25.2 Å². The van der Waals surface area contributed by atoms with E-state index in [9.17, 15) is 19.8 Å². The molecule has 0 amide bonds. The van der Waals surface area contributed by atoms with E-state index >= 15 is 0 Å². The molecule has 0 aromatic heterocycles. The molecular formula is C6H8Na2O7. The van der Waals surface area contributed by atoms with Gasteiger partial charge in [0.25, 0.3) is 0 Å². The van der Waals surface area contributed by atoms with Crippen molar-refractivity contribution in [2.24, 2.45) is 0 Å². The molecule has 2 atom stereocenters. The van der Waals surface area contributed by atoms with Crippen molar-refractivity contribution in [3.8, 4) is 0 Å². The molecule has 15 heavy (non-hydrogen) atoms. The van der Waals surface area contributed by atoms with E-state index in [1.807, 2.05) is 0 Å². The second-order valence-corrected chi connectivity index (χ2v) is 2.14. The van der Waals surface area contributed by atoms with Gasteiger partial charge in [-0.15, -0.1) is 0 Å². The van der Waals surface area contributed by atoms with E-state index in [2.05, 4.69) is 4.74 Å². The van der Waals surface area contributed by atoms with Gasteiger partial charge in [0, 0.05) is 0 Å². The number of epoxide rings is 1. The molecule has 0 aromatic rings. The molecule has 1 saturated heterocycles. The van der Waals surface area contributed by atoms with Crippen LogP contribution in [0.4, 0.5) is 0 Å². The zero-order valence-corrected chi connectivity index (χ0v) is 12.5. The van der Waals surface area contributed by atoms with E-state index in [1.165, 1.54) is 0 Å². The Hall–Kier alpha value is 0.820. The predicted molar refractivity (Wildman–Crippen MR) is 32.8 cm³/mol. The Labute approximate surface area is 130 Å². The molecule has 0 aromatic carbocycles. The van der Waals surface area contributed by atoms with Crippen molar-refractivity contribution in [3.05, 3.63) is 0 Å². The summed E-state index contributed by atoms with van der Waals surface area (Å²) in [5.74, 6) is -4.12. The Kier molecular flexibility index (Phi) is 15.9. The van der Waals surface area contributed by atoms with Crippen LogP contribution in [0.1, 0.15) is 0 Å². The number of hydrogen-bond donors (Lipinski definition) is 2. The molecule has 9 heteroatoms. The van der Waals surface area contributed by atoms with Crippen molar-refractivity contribution in [3.63, 3.8) is 0 Å².